The van der Waals surface area contributed by atoms with Gasteiger partial charge in [-0.2, -0.15) is 0 Å². The second-order valence-corrected chi connectivity index (χ2v) is 8.74. The lowest BCUT2D eigenvalue weighted by Crippen LogP contribution is -2.32. The Labute approximate surface area is 174 Å². The van der Waals surface area contributed by atoms with Gasteiger partial charge in [-0.15, -0.1) is 0 Å². The summed E-state index contributed by atoms with van der Waals surface area (Å²) in [6.45, 7) is 3.80. The number of carbonyl (C=O) groups is 3. The van der Waals surface area contributed by atoms with Crippen LogP contribution in [-0.2, 0) is 19.6 Å². The Bertz CT molecular complexity index is 1100. The van der Waals surface area contributed by atoms with Crippen molar-refractivity contribution >= 4 is 39.6 Å². The van der Waals surface area contributed by atoms with Gasteiger partial charge in [-0.05, 0) is 47.4 Å². The maximum atomic E-state index is 12.6. The van der Waals surface area contributed by atoms with Crippen LogP contribution in [0.25, 0.3) is 6.08 Å². The molecule has 0 aliphatic carbocycles. The van der Waals surface area contributed by atoms with Crippen molar-refractivity contribution in [3.8, 4) is 0 Å². The lowest BCUT2D eigenvalue weighted by atomic mass is 10.0. The SMILES string of the molecule is CC(C)c1ccc(NS(=O)(=O)c2ccc(/C=C/C(=O)N3CC(=O)NC3=O)cc2)cc1. The van der Waals surface area contributed by atoms with Crippen molar-refractivity contribution < 1.29 is 22.8 Å². The molecule has 2 aromatic rings. The molecule has 1 heterocycles. The van der Waals surface area contributed by atoms with Crippen molar-refractivity contribution in [1.29, 1.82) is 0 Å². The van der Waals surface area contributed by atoms with Gasteiger partial charge in [-0.3, -0.25) is 24.5 Å². The third-order valence-electron chi connectivity index (χ3n) is 4.50. The Morgan fingerprint density at radius 1 is 1.07 bits per heavy atom. The summed E-state index contributed by atoms with van der Waals surface area (Å²) in [5.74, 6) is -0.826. The molecule has 1 fully saturated rings. The number of anilines is 1. The summed E-state index contributed by atoms with van der Waals surface area (Å²) in [6, 6.07) is 12.3. The molecule has 2 N–H and O–H groups in total. The van der Waals surface area contributed by atoms with Crippen molar-refractivity contribution in [2.75, 3.05) is 11.3 Å². The molecule has 8 nitrogen and oxygen atoms in total. The zero-order valence-corrected chi connectivity index (χ0v) is 17.3. The largest absolute Gasteiger partial charge is 0.331 e. The number of rotatable bonds is 6. The van der Waals surface area contributed by atoms with Crippen LogP contribution in [0.5, 0.6) is 0 Å². The van der Waals surface area contributed by atoms with Gasteiger partial charge in [-0.25, -0.2) is 13.2 Å². The van der Waals surface area contributed by atoms with Gasteiger partial charge in [-0.1, -0.05) is 38.1 Å². The predicted octanol–water partition coefficient (Wildman–Crippen LogP) is 2.70. The molecule has 3 rings (SSSR count). The van der Waals surface area contributed by atoms with E-state index < -0.39 is 27.9 Å². The van der Waals surface area contributed by atoms with Crippen molar-refractivity contribution in [1.82, 2.24) is 10.2 Å². The number of hydrogen-bond donors (Lipinski definition) is 2. The van der Waals surface area contributed by atoms with E-state index in [9.17, 15) is 22.8 Å². The average molecular weight is 427 g/mol. The van der Waals surface area contributed by atoms with E-state index in [1.165, 1.54) is 30.3 Å². The molecular weight excluding hydrogens is 406 g/mol. The van der Waals surface area contributed by atoms with Crippen LogP contribution in [0.1, 0.15) is 30.9 Å². The molecule has 1 aliphatic rings. The number of imide groups is 2. The monoisotopic (exact) mass is 427 g/mol. The molecule has 2 aromatic carbocycles. The maximum absolute atomic E-state index is 12.6. The molecule has 0 aromatic heterocycles. The van der Waals surface area contributed by atoms with E-state index >= 15 is 0 Å². The van der Waals surface area contributed by atoms with Gasteiger partial charge in [0, 0.05) is 11.8 Å². The quantitative estimate of drug-likeness (QED) is 0.544. The number of nitrogens with zero attached hydrogens (tertiary/aromatic N) is 1. The summed E-state index contributed by atoms with van der Waals surface area (Å²) in [7, 11) is -3.76. The lowest BCUT2D eigenvalue weighted by Gasteiger charge is -2.10. The maximum Gasteiger partial charge on any atom is 0.331 e. The number of amides is 4. The van der Waals surface area contributed by atoms with Crippen molar-refractivity contribution in [2.24, 2.45) is 0 Å². The minimum absolute atomic E-state index is 0.0726. The number of sulfonamides is 1. The number of carbonyl (C=O) groups excluding carboxylic acids is 3. The first-order chi connectivity index (χ1) is 14.2. The predicted molar refractivity (Wildman–Crippen MR) is 112 cm³/mol. The van der Waals surface area contributed by atoms with Crippen LogP contribution in [0.15, 0.2) is 59.5 Å². The molecule has 1 saturated heterocycles. The highest BCUT2D eigenvalue weighted by molar-refractivity contribution is 7.92. The van der Waals surface area contributed by atoms with E-state index in [1.54, 1.807) is 12.1 Å². The summed E-state index contributed by atoms with van der Waals surface area (Å²) in [4.78, 5) is 35.4. The van der Waals surface area contributed by atoms with E-state index in [0.717, 1.165) is 16.5 Å². The number of hydrogen-bond acceptors (Lipinski definition) is 5. The summed E-state index contributed by atoms with van der Waals surface area (Å²) in [5.41, 5.74) is 2.14. The van der Waals surface area contributed by atoms with Gasteiger partial charge in [0.1, 0.15) is 6.54 Å². The van der Waals surface area contributed by atoms with E-state index in [0.29, 0.717) is 17.2 Å². The van der Waals surface area contributed by atoms with Crippen LogP contribution < -0.4 is 10.0 Å². The molecular formula is C21H21N3O5S. The topological polar surface area (TPSA) is 113 Å². The van der Waals surface area contributed by atoms with Crippen molar-refractivity contribution in [2.45, 2.75) is 24.7 Å². The van der Waals surface area contributed by atoms with E-state index in [-0.39, 0.29) is 11.4 Å². The summed E-state index contributed by atoms with van der Waals surface area (Å²) >= 11 is 0. The fourth-order valence-corrected chi connectivity index (χ4v) is 3.84. The van der Waals surface area contributed by atoms with Gasteiger partial charge >= 0.3 is 6.03 Å². The Balaban J connectivity index is 1.67. The fourth-order valence-electron chi connectivity index (χ4n) is 2.79. The lowest BCUT2D eigenvalue weighted by molar-refractivity contribution is -0.126. The molecule has 0 bridgehead atoms. The highest BCUT2D eigenvalue weighted by Crippen LogP contribution is 2.20. The first-order valence-electron chi connectivity index (χ1n) is 9.22. The van der Waals surface area contributed by atoms with E-state index in [1.807, 2.05) is 17.4 Å². The molecule has 0 atom stereocenters. The first kappa shape index (κ1) is 21.3. The van der Waals surface area contributed by atoms with Crippen LogP contribution in [0.2, 0.25) is 0 Å². The molecule has 156 valence electrons. The van der Waals surface area contributed by atoms with Crippen LogP contribution in [-0.4, -0.2) is 37.7 Å². The third-order valence-corrected chi connectivity index (χ3v) is 5.89. The van der Waals surface area contributed by atoms with E-state index in [2.05, 4.69) is 18.6 Å². The number of benzene rings is 2. The molecule has 0 spiro atoms. The molecule has 0 unspecified atom stereocenters. The number of nitrogens with one attached hydrogen (secondary N) is 2. The second kappa shape index (κ2) is 8.50. The highest BCUT2D eigenvalue weighted by atomic mass is 32.2. The van der Waals surface area contributed by atoms with Crippen molar-refractivity contribution in [3.63, 3.8) is 0 Å². The second-order valence-electron chi connectivity index (χ2n) is 7.06. The van der Waals surface area contributed by atoms with Crippen LogP contribution in [0, 0.1) is 0 Å². The van der Waals surface area contributed by atoms with Crippen LogP contribution in [0.4, 0.5) is 10.5 Å². The number of urea groups is 1. The van der Waals surface area contributed by atoms with Crippen LogP contribution >= 0.6 is 0 Å². The van der Waals surface area contributed by atoms with Crippen LogP contribution in [0.3, 0.4) is 0 Å². The third kappa shape index (κ3) is 4.93. The average Bonchev–Trinajstić information content (AvgIpc) is 3.04. The van der Waals surface area contributed by atoms with Gasteiger partial charge in [0.15, 0.2) is 0 Å². The Hall–Kier alpha value is -3.46. The summed E-state index contributed by atoms with van der Waals surface area (Å²) in [6.07, 6.45) is 2.59. The molecule has 9 heteroatoms. The molecule has 0 saturated carbocycles. The Kier molecular flexibility index (Phi) is 6.02. The normalized spacial score (nSPS) is 14.4. The highest BCUT2D eigenvalue weighted by Gasteiger charge is 2.30. The molecule has 4 amide bonds. The minimum Gasteiger partial charge on any atom is -0.280 e. The Morgan fingerprint density at radius 3 is 2.23 bits per heavy atom. The van der Waals surface area contributed by atoms with Gasteiger partial charge in [0.25, 0.3) is 15.9 Å². The summed E-state index contributed by atoms with van der Waals surface area (Å²) in [5, 5.41) is 2.02. The van der Waals surface area contributed by atoms with Gasteiger partial charge < -0.3 is 0 Å². The van der Waals surface area contributed by atoms with Gasteiger partial charge in [0.05, 0.1) is 4.90 Å². The van der Waals surface area contributed by atoms with E-state index in [4.69, 9.17) is 0 Å². The smallest absolute Gasteiger partial charge is 0.280 e. The van der Waals surface area contributed by atoms with Gasteiger partial charge in [0.2, 0.25) is 5.91 Å². The Morgan fingerprint density at radius 2 is 1.70 bits per heavy atom. The minimum atomic E-state index is -3.76. The molecule has 1 aliphatic heterocycles. The van der Waals surface area contributed by atoms with Crippen molar-refractivity contribution in [3.05, 3.63) is 65.7 Å². The zero-order chi connectivity index (χ0) is 21.9. The standard InChI is InChI=1S/C21H21N3O5S/c1-14(2)16-6-8-17(9-7-16)23-30(28,29)18-10-3-15(4-11-18)5-12-20(26)24-13-19(25)22-21(24)27/h3-12,14,23H,13H2,1-2H3,(H,22,25,27)/b12-5+. The zero-order valence-electron chi connectivity index (χ0n) is 16.5. The summed E-state index contributed by atoms with van der Waals surface area (Å²) < 4.78 is 27.7. The fraction of sp³-hybridized carbons (Fsp3) is 0.190. The first-order valence-corrected chi connectivity index (χ1v) is 10.7. The molecule has 30 heavy (non-hydrogen) atoms. The molecule has 0 radical (unpaired) electrons.